The number of halogens is 1. The highest BCUT2D eigenvalue weighted by atomic mass is 35.5. The van der Waals surface area contributed by atoms with Crippen LogP contribution in [-0.2, 0) is 20.7 Å². The molecule has 1 aliphatic heterocycles. The Morgan fingerprint density at radius 3 is 2.44 bits per heavy atom. The Labute approximate surface area is 111 Å². The van der Waals surface area contributed by atoms with Gasteiger partial charge in [-0.25, -0.2) is 4.79 Å². The predicted molar refractivity (Wildman–Crippen MR) is 66.8 cm³/mol. The van der Waals surface area contributed by atoms with Crippen molar-refractivity contribution in [3.05, 3.63) is 29.8 Å². The minimum atomic E-state index is -1.36. The number of hydrogen-bond acceptors (Lipinski definition) is 4. The normalized spacial score (nSPS) is 29.8. The number of ether oxygens (including phenoxy) is 3. The first-order chi connectivity index (χ1) is 8.45. The summed E-state index contributed by atoms with van der Waals surface area (Å²) < 4.78 is 15.1. The van der Waals surface area contributed by atoms with Crippen LogP contribution in [0.4, 0.5) is 0 Å². The van der Waals surface area contributed by atoms with Crippen molar-refractivity contribution in [1.29, 1.82) is 0 Å². The van der Waals surface area contributed by atoms with Gasteiger partial charge in [-0.1, -0.05) is 23.7 Å². The topological polar surface area (TPSA) is 48.1 Å². The van der Waals surface area contributed by atoms with Gasteiger partial charge in [0.15, 0.2) is 0 Å². The minimum Gasteiger partial charge on any atom is -0.497 e. The molecule has 0 radical (unpaired) electrons. The molecular weight excluding hydrogens is 256 g/mol. The second kappa shape index (κ2) is 4.44. The number of rotatable bonds is 4. The molecule has 1 saturated heterocycles. The Hall–Kier alpha value is -1.26. The van der Waals surface area contributed by atoms with Gasteiger partial charge in [0.1, 0.15) is 11.4 Å². The lowest BCUT2D eigenvalue weighted by Crippen LogP contribution is -2.29. The molecule has 0 amide bonds. The quantitative estimate of drug-likeness (QED) is 0.478. The summed E-state index contributed by atoms with van der Waals surface area (Å²) in [4.78, 5) is 11.5. The zero-order valence-corrected chi connectivity index (χ0v) is 11.3. The summed E-state index contributed by atoms with van der Waals surface area (Å²) in [5.41, 5.74) is 0.292. The maximum Gasteiger partial charge on any atom is 0.357 e. The van der Waals surface area contributed by atoms with E-state index < -0.39 is 16.6 Å². The van der Waals surface area contributed by atoms with Gasteiger partial charge in [-0.2, -0.15) is 0 Å². The first-order valence-corrected chi connectivity index (χ1v) is 5.93. The number of methoxy groups -OCH3 is 2. The first-order valence-electron chi connectivity index (χ1n) is 5.55. The fourth-order valence-electron chi connectivity index (χ4n) is 1.96. The number of carbonyl (C=O) groups is 1. The van der Waals surface area contributed by atoms with Crippen molar-refractivity contribution in [3.8, 4) is 5.75 Å². The van der Waals surface area contributed by atoms with E-state index in [2.05, 4.69) is 4.74 Å². The summed E-state index contributed by atoms with van der Waals surface area (Å²) >= 11 is 6.09. The van der Waals surface area contributed by atoms with Crippen LogP contribution in [0.15, 0.2) is 24.3 Å². The molecule has 98 valence electrons. The SMILES string of the molecule is COC(=O)C1(Cl)OC1(C)Cc1ccc(OC)cc1. The molecule has 18 heavy (non-hydrogen) atoms. The lowest BCUT2D eigenvalue weighted by molar-refractivity contribution is -0.143. The summed E-state index contributed by atoms with van der Waals surface area (Å²) in [6.45, 7) is 1.79. The molecule has 0 aliphatic carbocycles. The highest BCUT2D eigenvalue weighted by Gasteiger charge is 2.72. The molecule has 0 N–H and O–H groups in total. The largest absolute Gasteiger partial charge is 0.497 e. The minimum absolute atomic E-state index is 0.537. The smallest absolute Gasteiger partial charge is 0.357 e. The third-order valence-corrected chi connectivity index (χ3v) is 3.78. The van der Waals surface area contributed by atoms with Crippen LogP contribution >= 0.6 is 11.6 Å². The summed E-state index contributed by atoms with van der Waals surface area (Å²) in [5.74, 6) is 0.228. The van der Waals surface area contributed by atoms with Gasteiger partial charge in [0.05, 0.1) is 14.2 Å². The Kier molecular flexibility index (Phi) is 3.25. The molecule has 2 unspecified atom stereocenters. The van der Waals surface area contributed by atoms with E-state index in [1.54, 1.807) is 14.0 Å². The Bertz CT molecular complexity index is 459. The molecule has 1 aliphatic rings. The lowest BCUT2D eigenvalue weighted by Gasteiger charge is -2.09. The fourth-order valence-corrected chi connectivity index (χ4v) is 2.27. The molecule has 1 fully saturated rings. The van der Waals surface area contributed by atoms with Crippen LogP contribution in [0.3, 0.4) is 0 Å². The summed E-state index contributed by atoms with van der Waals surface area (Å²) in [5, 5.41) is -1.36. The van der Waals surface area contributed by atoms with E-state index in [9.17, 15) is 4.79 Å². The molecule has 5 heteroatoms. The maximum atomic E-state index is 11.5. The summed E-state index contributed by atoms with van der Waals surface area (Å²) in [7, 11) is 2.91. The van der Waals surface area contributed by atoms with Crippen LogP contribution in [-0.4, -0.2) is 30.9 Å². The number of esters is 1. The van der Waals surface area contributed by atoms with Crippen LogP contribution in [0.2, 0.25) is 0 Å². The van der Waals surface area contributed by atoms with Crippen LogP contribution in [0.1, 0.15) is 12.5 Å². The van der Waals surface area contributed by atoms with E-state index in [0.717, 1.165) is 11.3 Å². The first kappa shape index (κ1) is 13.2. The van der Waals surface area contributed by atoms with Gasteiger partial charge in [-0.3, -0.25) is 0 Å². The van der Waals surface area contributed by atoms with Gasteiger partial charge in [0.2, 0.25) is 0 Å². The molecule has 0 spiro atoms. The number of benzene rings is 1. The molecule has 1 aromatic carbocycles. The molecule has 2 atom stereocenters. The zero-order valence-electron chi connectivity index (χ0n) is 10.5. The van der Waals surface area contributed by atoms with Gasteiger partial charge in [-0.15, -0.1) is 0 Å². The van der Waals surface area contributed by atoms with E-state index in [0.29, 0.717) is 6.42 Å². The lowest BCUT2D eigenvalue weighted by atomic mass is 9.97. The van der Waals surface area contributed by atoms with Crippen molar-refractivity contribution in [2.45, 2.75) is 24.0 Å². The third-order valence-electron chi connectivity index (χ3n) is 3.15. The highest BCUT2D eigenvalue weighted by molar-refractivity contribution is 6.35. The van der Waals surface area contributed by atoms with E-state index in [1.807, 2.05) is 24.3 Å². The second-order valence-corrected chi connectivity index (χ2v) is 4.98. The van der Waals surface area contributed by atoms with Crippen molar-refractivity contribution < 1.29 is 19.0 Å². The zero-order chi connectivity index (χ0) is 13.4. The summed E-state index contributed by atoms with van der Waals surface area (Å²) in [6, 6.07) is 7.55. The predicted octanol–water partition coefficient (Wildman–Crippen LogP) is 2.13. The molecule has 2 rings (SSSR count). The average Bonchev–Trinajstić information content (AvgIpc) is 2.92. The number of epoxide rings is 1. The van der Waals surface area contributed by atoms with E-state index in [-0.39, 0.29) is 0 Å². The van der Waals surface area contributed by atoms with E-state index >= 15 is 0 Å². The molecule has 1 aromatic rings. The Morgan fingerprint density at radius 1 is 1.33 bits per heavy atom. The molecule has 0 saturated carbocycles. The third kappa shape index (κ3) is 2.06. The standard InChI is InChI=1S/C13H15ClO4/c1-12(13(14,18-12)11(15)17-3)8-9-4-6-10(16-2)7-5-9/h4-7H,8H2,1-3H3. The van der Waals surface area contributed by atoms with E-state index in [4.69, 9.17) is 21.1 Å². The van der Waals surface area contributed by atoms with Gasteiger partial charge >= 0.3 is 5.97 Å². The van der Waals surface area contributed by atoms with Crippen molar-refractivity contribution in [2.24, 2.45) is 0 Å². The van der Waals surface area contributed by atoms with E-state index in [1.165, 1.54) is 7.11 Å². The highest BCUT2D eigenvalue weighted by Crippen LogP contribution is 2.53. The van der Waals surface area contributed by atoms with Gasteiger partial charge in [-0.05, 0) is 24.6 Å². The van der Waals surface area contributed by atoms with Gasteiger partial charge in [0.25, 0.3) is 5.06 Å². The van der Waals surface area contributed by atoms with Gasteiger partial charge < -0.3 is 14.2 Å². The fraction of sp³-hybridized carbons (Fsp3) is 0.462. The molecule has 4 nitrogen and oxygen atoms in total. The van der Waals surface area contributed by atoms with Crippen LogP contribution < -0.4 is 4.74 Å². The van der Waals surface area contributed by atoms with Gasteiger partial charge in [0, 0.05) is 6.42 Å². The second-order valence-electron chi connectivity index (χ2n) is 4.44. The van der Waals surface area contributed by atoms with Crippen molar-refractivity contribution in [1.82, 2.24) is 0 Å². The number of carbonyl (C=O) groups excluding carboxylic acids is 1. The van der Waals surface area contributed by atoms with Crippen molar-refractivity contribution in [2.75, 3.05) is 14.2 Å². The van der Waals surface area contributed by atoms with Crippen LogP contribution in [0.5, 0.6) is 5.75 Å². The Morgan fingerprint density at radius 2 is 1.94 bits per heavy atom. The van der Waals surface area contributed by atoms with Crippen molar-refractivity contribution in [3.63, 3.8) is 0 Å². The molecule has 1 heterocycles. The maximum absolute atomic E-state index is 11.5. The van der Waals surface area contributed by atoms with Crippen LogP contribution in [0, 0.1) is 0 Å². The molecular formula is C13H15ClO4. The molecule has 0 aromatic heterocycles. The van der Waals surface area contributed by atoms with Crippen molar-refractivity contribution >= 4 is 17.6 Å². The average molecular weight is 271 g/mol. The monoisotopic (exact) mass is 270 g/mol. The number of hydrogen-bond donors (Lipinski definition) is 0. The Balaban J connectivity index is 2.08. The number of alkyl halides is 1. The molecule has 0 bridgehead atoms. The van der Waals surface area contributed by atoms with Crippen LogP contribution in [0.25, 0.3) is 0 Å². The summed E-state index contributed by atoms with van der Waals surface area (Å²) in [6.07, 6.45) is 0.537.